The van der Waals surface area contributed by atoms with E-state index in [9.17, 15) is 0 Å². The minimum Gasteiger partial charge on any atom is -0.347 e. The molecule has 1 heterocycles. The number of aryl methyl sites for hydroxylation is 2. The second-order valence-corrected chi connectivity index (χ2v) is 6.49. The number of thioether (sulfide) groups is 1. The lowest BCUT2D eigenvalue weighted by atomic mass is 10.1. The molecular formula is C16H21NS. The molecular weight excluding hydrogens is 238 g/mol. The Balaban J connectivity index is 2.18. The second kappa shape index (κ2) is 5.00. The molecule has 0 amide bonds. The average molecular weight is 259 g/mol. The standard InChI is InChI=1S/C16H21NS/c1-3-18-12-9-10-16-14(11-12)13-7-5-4-6-8-15(13)17(16)2/h9-11H,3-8H2,1-2H3. The maximum Gasteiger partial charge on any atom is 0.0483 e. The first-order valence-corrected chi connectivity index (χ1v) is 8.03. The molecule has 0 saturated heterocycles. The van der Waals surface area contributed by atoms with Gasteiger partial charge in [0.25, 0.3) is 0 Å². The Morgan fingerprint density at radius 3 is 2.83 bits per heavy atom. The summed E-state index contributed by atoms with van der Waals surface area (Å²) in [5, 5.41) is 1.51. The van der Waals surface area contributed by atoms with Crippen LogP contribution in [0.4, 0.5) is 0 Å². The van der Waals surface area contributed by atoms with Crippen LogP contribution < -0.4 is 0 Å². The fraction of sp³-hybridized carbons (Fsp3) is 0.500. The van der Waals surface area contributed by atoms with Crippen molar-refractivity contribution in [2.24, 2.45) is 7.05 Å². The summed E-state index contributed by atoms with van der Waals surface area (Å²) in [6.07, 6.45) is 6.63. The largest absolute Gasteiger partial charge is 0.347 e. The van der Waals surface area contributed by atoms with Crippen molar-refractivity contribution in [3.05, 3.63) is 29.5 Å². The zero-order valence-corrected chi connectivity index (χ0v) is 12.1. The van der Waals surface area contributed by atoms with E-state index < -0.39 is 0 Å². The smallest absolute Gasteiger partial charge is 0.0483 e. The van der Waals surface area contributed by atoms with Gasteiger partial charge in [-0.3, -0.25) is 0 Å². The first-order chi connectivity index (χ1) is 8.81. The van der Waals surface area contributed by atoms with Gasteiger partial charge in [0.1, 0.15) is 0 Å². The Bertz CT molecular complexity index is 568. The van der Waals surface area contributed by atoms with Gasteiger partial charge in [-0.15, -0.1) is 11.8 Å². The summed E-state index contributed by atoms with van der Waals surface area (Å²) in [5.74, 6) is 1.15. The molecule has 0 bridgehead atoms. The molecule has 0 atom stereocenters. The van der Waals surface area contributed by atoms with Crippen molar-refractivity contribution in [3.63, 3.8) is 0 Å². The molecule has 2 aromatic rings. The van der Waals surface area contributed by atoms with Crippen LogP contribution in [0.25, 0.3) is 10.9 Å². The molecule has 0 saturated carbocycles. The van der Waals surface area contributed by atoms with Gasteiger partial charge in [0.05, 0.1) is 0 Å². The molecule has 0 unspecified atom stereocenters. The number of fused-ring (bicyclic) bond motifs is 3. The fourth-order valence-electron chi connectivity index (χ4n) is 3.18. The Kier molecular flexibility index (Phi) is 3.38. The van der Waals surface area contributed by atoms with E-state index in [0.29, 0.717) is 0 Å². The second-order valence-electron chi connectivity index (χ2n) is 5.16. The van der Waals surface area contributed by atoms with Gasteiger partial charge in [0.15, 0.2) is 0 Å². The van der Waals surface area contributed by atoms with Gasteiger partial charge in [-0.1, -0.05) is 13.3 Å². The number of nitrogens with zero attached hydrogens (tertiary/aromatic N) is 1. The molecule has 18 heavy (non-hydrogen) atoms. The summed E-state index contributed by atoms with van der Waals surface area (Å²) in [6, 6.07) is 6.99. The third-order valence-electron chi connectivity index (χ3n) is 4.06. The molecule has 96 valence electrons. The monoisotopic (exact) mass is 259 g/mol. The van der Waals surface area contributed by atoms with Crippen LogP contribution >= 0.6 is 11.8 Å². The number of hydrogen-bond acceptors (Lipinski definition) is 1. The number of rotatable bonds is 2. The lowest BCUT2D eigenvalue weighted by Crippen LogP contribution is -1.96. The quantitative estimate of drug-likeness (QED) is 0.565. The van der Waals surface area contributed by atoms with Gasteiger partial charge in [-0.05, 0) is 55.2 Å². The predicted molar refractivity (Wildman–Crippen MR) is 80.6 cm³/mol. The van der Waals surface area contributed by atoms with Crippen molar-refractivity contribution in [2.45, 2.75) is 43.9 Å². The predicted octanol–water partition coefficient (Wildman–Crippen LogP) is 4.56. The van der Waals surface area contributed by atoms with E-state index in [4.69, 9.17) is 0 Å². The summed E-state index contributed by atoms with van der Waals surface area (Å²) >= 11 is 1.95. The van der Waals surface area contributed by atoms with Crippen LogP contribution in [0.1, 0.15) is 37.4 Å². The minimum absolute atomic E-state index is 1.15. The zero-order chi connectivity index (χ0) is 12.5. The minimum atomic E-state index is 1.15. The van der Waals surface area contributed by atoms with E-state index in [1.807, 2.05) is 11.8 Å². The van der Waals surface area contributed by atoms with Gasteiger partial charge < -0.3 is 4.57 Å². The van der Waals surface area contributed by atoms with Crippen molar-refractivity contribution in [1.82, 2.24) is 4.57 Å². The SMILES string of the molecule is CCSc1ccc2c(c1)c1c(n2C)CCCCC1. The van der Waals surface area contributed by atoms with Crippen LogP contribution in [-0.4, -0.2) is 10.3 Å². The van der Waals surface area contributed by atoms with Crippen molar-refractivity contribution in [3.8, 4) is 0 Å². The highest BCUT2D eigenvalue weighted by molar-refractivity contribution is 7.99. The molecule has 3 rings (SSSR count). The maximum atomic E-state index is 2.43. The third-order valence-corrected chi connectivity index (χ3v) is 4.94. The van der Waals surface area contributed by atoms with Gasteiger partial charge in [0.2, 0.25) is 0 Å². The van der Waals surface area contributed by atoms with E-state index in [1.54, 1.807) is 11.3 Å². The summed E-state index contributed by atoms with van der Waals surface area (Å²) in [7, 11) is 2.24. The van der Waals surface area contributed by atoms with Gasteiger partial charge >= 0.3 is 0 Å². The molecule has 1 aliphatic carbocycles. The Morgan fingerprint density at radius 2 is 2.00 bits per heavy atom. The molecule has 0 aliphatic heterocycles. The highest BCUT2D eigenvalue weighted by Gasteiger charge is 2.17. The highest BCUT2D eigenvalue weighted by atomic mass is 32.2. The van der Waals surface area contributed by atoms with Crippen LogP contribution in [0.15, 0.2) is 23.1 Å². The van der Waals surface area contributed by atoms with Gasteiger partial charge in [-0.2, -0.15) is 0 Å². The van der Waals surface area contributed by atoms with Crippen molar-refractivity contribution < 1.29 is 0 Å². The van der Waals surface area contributed by atoms with Crippen molar-refractivity contribution >= 4 is 22.7 Å². The van der Waals surface area contributed by atoms with Crippen LogP contribution in [-0.2, 0) is 19.9 Å². The molecule has 1 aliphatic rings. The van der Waals surface area contributed by atoms with Crippen LogP contribution in [0.2, 0.25) is 0 Å². The molecule has 1 nitrogen and oxygen atoms in total. The van der Waals surface area contributed by atoms with E-state index >= 15 is 0 Å². The van der Waals surface area contributed by atoms with Crippen molar-refractivity contribution in [2.75, 3.05) is 5.75 Å². The molecule has 0 fully saturated rings. The topological polar surface area (TPSA) is 4.93 Å². The maximum absolute atomic E-state index is 2.43. The number of benzene rings is 1. The van der Waals surface area contributed by atoms with E-state index in [0.717, 1.165) is 5.75 Å². The number of hydrogen-bond donors (Lipinski definition) is 0. The summed E-state index contributed by atoms with van der Waals surface area (Å²) < 4.78 is 2.43. The van der Waals surface area contributed by atoms with Crippen molar-refractivity contribution in [1.29, 1.82) is 0 Å². The molecule has 1 aromatic carbocycles. The first-order valence-electron chi connectivity index (χ1n) is 7.04. The van der Waals surface area contributed by atoms with E-state index in [1.165, 1.54) is 47.9 Å². The zero-order valence-electron chi connectivity index (χ0n) is 11.3. The molecule has 0 spiro atoms. The van der Waals surface area contributed by atoms with E-state index in [2.05, 4.69) is 36.7 Å². The van der Waals surface area contributed by atoms with Crippen LogP contribution in [0, 0.1) is 0 Å². The lowest BCUT2D eigenvalue weighted by molar-refractivity contribution is 0.698. The molecule has 1 aromatic heterocycles. The van der Waals surface area contributed by atoms with Crippen LogP contribution in [0.5, 0.6) is 0 Å². The summed E-state index contributed by atoms with van der Waals surface area (Å²) in [5.41, 5.74) is 4.63. The first kappa shape index (κ1) is 12.2. The Hall–Kier alpha value is -0.890. The summed E-state index contributed by atoms with van der Waals surface area (Å²) in [6.45, 7) is 2.22. The lowest BCUT2D eigenvalue weighted by Gasteiger charge is -2.03. The normalized spacial score (nSPS) is 15.7. The third kappa shape index (κ3) is 1.97. The average Bonchev–Trinajstić information content (AvgIpc) is 2.58. The molecule has 0 N–H and O–H groups in total. The summed E-state index contributed by atoms with van der Waals surface area (Å²) in [4.78, 5) is 1.42. The fourth-order valence-corrected chi connectivity index (χ4v) is 3.88. The Morgan fingerprint density at radius 1 is 1.17 bits per heavy atom. The highest BCUT2D eigenvalue weighted by Crippen LogP contribution is 2.33. The van der Waals surface area contributed by atoms with Crippen LogP contribution in [0.3, 0.4) is 0 Å². The molecule has 0 radical (unpaired) electrons. The molecule has 2 heteroatoms. The van der Waals surface area contributed by atoms with E-state index in [-0.39, 0.29) is 0 Å². The van der Waals surface area contributed by atoms with Gasteiger partial charge in [-0.25, -0.2) is 0 Å². The Labute approximate surface area is 114 Å². The number of aromatic nitrogens is 1. The van der Waals surface area contributed by atoms with Gasteiger partial charge in [0, 0.05) is 28.5 Å².